The van der Waals surface area contributed by atoms with E-state index in [1.165, 1.54) is 0 Å². The first-order valence-electron chi connectivity index (χ1n) is 14.9. The minimum atomic E-state index is -0.0262. The maximum Gasteiger partial charge on any atom is 0.253 e. The van der Waals surface area contributed by atoms with E-state index in [1.807, 2.05) is 106 Å². The van der Waals surface area contributed by atoms with Crippen LogP contribution in [0.4, 0.5) is 0 Å². The van der Waals surface area contributed by atoms with Gasteiger partial charge in [-0.05, 0) is 98.5 Å². The maximum absolute atomic E-state index is 12.5. The molecule has 8 nitrogen and oxygen atoms in total. The molecule has 0 radical (unpaired) electrons. The zero-order valence-corrected chi connectivity index (χ0v) is 26.0. The van der Waals surface area contributed by atoms with Crippen molar-refractivity contribution < 1.29 is 9.59 Å². The van der Waals surface area contributed by atoms with Crippen molar-refractivity contribution in [3.63, 3.8) is 0 Å². The number of imidazole rings is 2. The topological polar surface area (TPSA) is 85.1 Å². The summed E-state index contributed by atoms with van der Waals surface area (Å²) in [6.45, 7) is 0. The van der Waals surface area contributed by atoms with E-state index in [4.69, 9.17) is 23.2 Å². The van der Waals surface area contributed by atoms with Crippen LogP contribution in [-0.2, 0) is 0 Å². The van der Waals surface area contributed by atoms with Gasteiger partial charge in [-0.2, -0.15) is 0 Å². The predicted molar refractivity (Wildman–Crippen MR) is 178 cm³/mol. The quantitative estimate of drug-likeness (QED) is 0.205. The molecule has 2 fully saturated rings. The third-order valence-corrected chi connectivity index (χ3v) is 8.57. The SMILES string of the molecule is CN(C(=O)c1ccc2c(c1)ncn2-c1cccc(Cl)c1)C1CC1.O=C(NC1CC1)c1ccc2c(c1)ncn2-c1cccc(Cl)c1. The van der Waals surface area contributed by atoms with E-state index in [0.717, 1.165) is 59.1 Å². The number of halogens is 2. The summed E-state index contributed by atoms with van der Waals surface area (Å²) in [6, 6.07) is 27.2. The molecule has 0 spiro atoms. The van der Waals surface area contributed by atoms with E-state index >= 15 is 0 Å². The molecule has 226 valence electrons. The van der Waals surface area contributed by atoms with Crippen molar-refractivity contribution >= 4 is 57.1 Å². The molecule has 2 aliphatic carbocycles. The number of nitrogens with one attached hydrogen (secondary N) is 1. The molecule has 8 rings (SSSR count). The molecule has 0 saturated heterocycles. The van der Waals surface area contributed by atoms with Crippen molar-refractivity contribution in [1.82, 2.24) is 29.3 Å². The zero-order valence-electron chi connectivity index (χ0n) is 24.5. The summed E-state index contributed by atoms with van der Waals surface area (Å²) in [6.07, 6.45) is 7.88. The van der Waals surface area contributed by atoms with Gasteiger partial charge in [0.25, 0.3) is 11.8 Å². The average Bonchev–Trinajstić information content (AvgIpc) is 3.98. The monoisotopic (exact) mass is 636 g/mol. The van der Waals surface area contributed by atoms with Gasteiger partial charge in [0.05, 0.1) is 22.1 Å². The van der Waals surface area contributed by atoms with Crippen molar-refractivity contribution in [3.8, 4) is 11.4 Å². The lowest BCUT2D eigenvalue weighted by Crippen LogP contribution is -2.28. The number of fused-ring (bicyclic) bond motifs is 2. The first-order valence-corrected chi connectivity index (χ1v) is 15.6. The van der Waals surface area contributed by atoms with E-state index in [-0.39, 0.29) is 11.8 Å². The Morgan fingerprint density at radius 2 is 1.27 bits per heavy atom. The third-order valence-electron chi connectivity index (χ3n) is 8.10. The first-order chi connectivity index (χ1) is 21.8. The molecule has 0 unspecified atom stereocenters. The average molecular weight is 638 g/mol. The Kier molecular flexibility index (Phi) is 7.77. The molecule has 0 aliphatic heterocycles. The van der Waals surface area contributed by atoms with Crippen molar-refractivity contribution in [2.24, 2.45) is 0 Å². The highest BCUT2D eigenvalue weighted by atomic mass is 35.5. The minimum Gasteiger partial charge on any atom is -0.349 e. The van der Waals surface area contributed by atoms with Gasteiger partial charge in [0.15, 0.2) is 0 Å². The Bertz CT molecular complexity index is 2060. The van der Waals surface area contributed by atoms with Crippen LogP contribution in [0.2, 0.25) is 10.0 Å². The normalized spacial score (nSPS) is 14.2. The van der Waals surface area contributed by atoms with Crippen molar-refractivity contribution in [2.45, 2.75) is 37.8 Å². The van der Waals surface area contributed by atoms with Crippen LogP contribution in [0.15, 0.2) is 97.6 Å². The summed E-state index contributed by atoms with van der Waals surface area (Å²) < 4.78 is 3.93. The summed E-state index contributed by atoms with van der Waals surface area (Å²) in [4.78, 5) is 35.2. The van der Waals surface area contributed by atoms with Crippen LogP contribution in [0, 0.1) is 0 Å². The molecule has 0 atom stereocenters. The second-order valence-corrected chi connectivity index (χ2v) is 12.4. The van der Waals surface area contributed by atoms with Crippen LogP contribution in [0.5, 0.6) is 0 Å². The molecule has 0 bridgehead atoms. The van der Waals surface area contributed by atoms with Gasteiger partial charge in [0.1, 0.15) is 12.7 Å². The maximum atomic E-state index is 12.5. The number of nitrogens with zero attached hydrogens (tertiary/aromatic N) is 5. The summed E-state index contributed by atoms with van der Waals surface area (Å²) in [7, 11) is 1.87. The fraction of sp³-hybridized carbons (Fsp3) is 0.200. The molecule has 4 aromatic carbocycles. The highest BCUT2D eigenvalue weighted by molar-refractivity contribution is 6.31. The smallest absolute Gasteiger partial charge is 0.253 e. The molecule has 6 aromatic rings. The Hall–Kier alpha value is -4.66. The number of carbonyl (C=O) groups is 2. The lowest BCUT2D eigenvalue weighted by molar-refractivity contribution is 0.0785. The fourth-order valence-corrected chi connectivity index (χ4v) is 5.66. The number of aromatic nitrogens is 4. The van der Waals surface area contributed by atoms with Gasteiger partial charge in [-0.3, -0.25) is 18.7 Å². The van der Waals surface area contributed by atoms with Gasteiger partial charge in [-0.1, -0.05) is 35.3 Å². The van der Waals surface area contributed by atoms with Gasteiger partial charge >= 0.3 is 0 Å². The Labute approximate surface area is 270 Å². The first kappa shape index (κ1) is 29.1. The van der Waals surface area contributed by atoms with E-state index in [1.54, 1.807) is 12.7 Å². The molecule has 2 aromatic heterocycles. The van der Waals surface area contributed by atoms with Crippen LogP contribution in [0.1, 0.15) is 46.4 Å². The number of amides is 2. The lowest BCUT2D eigenvalue weighted by Gasteiger charge is -2.16. The Morgan fingerprint density at radius 1 is 0.733 bits per heavy atom. The number of benzene rings is 4. The predicted octanol–water partition coefficient (Wildman–Crippen LogP) is 7.48. The standard InChI is InChI=1S/C18H16ClN3O.C17H14ClN3O/c1-21(14-6-7-14)18(23)12-5-8-17-16(9-12)20-11-22(17)15-4-2-3-13(19)10-15;18-12-2-1-3-14(9-12)21-10-19-15-8-11(4-7-16(15)21)17(22)20-13-5-6-13/h2-5,8-11,14H,6-7H2,1H3;1-4,7-10,13H,5-6H2,(H,20,22). The molecule has 2 saturated carbocycles. The van der Waals surface area contributed by atoms with Gasteiger partial charge in [-0.25, -0.2) is 9.97 Å². The minimum absolute atomic E-state index is 0.0262. The van der Waals surface area contributed by atoms with Crippen LogP contribution in [0.25, 0.3) is 33.4 Å². The number of carbonyl (C=O) groups excluding carboxylic acids is 2. The Morgan fingerprint density at radius 3 is 1.78 bits per heavy atom. The van der Waals surface area contributed by atoms with Crippen molar-refractivity contribution in [3.05, 3.63) is 119 Å². The molecule has 45 heavy (non-hydrogen) atoms. The van der Waals surface area contributed by atoms with E-state index in [2.05, 4.69) is 15.3 Å². The summed E-state index contributed by atoms with van der Waals surface area (Å²) in [5.41, 5.74) is 6.74. The summed E-state index contributed by atoms with van der Waals surface area (Å²) in [5, 5.41) is 4.35. The van der Waals surface area contributed by atoms with Crippen LogP contribution in [0.3, 0.4) is 0 Å². The van der Waals surface area contributed by atoms with Gasteiger partial charge in [-0.15, -0.1) is 0 Å². The molecule has 2 heterocycles. The zero-order chi connectivity index (χ0) is 31.1. The van der Waals surface area contributed by atoms with Gasteiger partial charge in [0, 0.05) is 51.7 Å². The largest absolute Gasteiger partial charge is 0.349 e. The number of rotatable bonds is 6. The number of hydrogen-bond acceptors (Lipinski definition) is 4. The number of hydrogen-bond donors (Lipinski definition) is 1. The van der Waals surface area contributed by atoms with Crippen molar-refractivity contribution in [1.29, 1.82) is 0 Å². The summed E-state index contributed by atoms with van der Waals surface area (Å²) in [5.74, 6) is 0.0356. The second kappa shape index (κ2) is 12.0. The van der Waals surface area contributed by atoms with E-state index in [9.17, 15) is 9.59 Å². The molecule has 1 N–H and O–H groups in total. The van der Waals surface area contributed by atoms with Crippen LogP contribution in [-0.4, -0.2) is 54.9 Å². The fourth-order valence-electron chi connectivity index (χ4n) is 5.29. The van der Waals surface area contributed by atoms with E-state index in [0.29, 0.717) is 33.3 Å². The van der Waals surface area contributed by atoms with E-state index < -0.39 is 0 Å². The summed E-state index contributed by atoms with van der Waals surface area (Å²) >= 11 is 12.1. The molecular weight excluding hydrogens is 607 g/mol. The highest BCUT2D eigenvalue weighted by Crippen LogP contribution is 2.28. The van der Waals surface area contributed by atoms with Gasteiger partial charge < -0.3 is 10.2 Å². The molecule has 10 heteroatoms. The molecular formula is C35H30Cl2N6O2. The molecule has 2 aliphatic rings. The second-order valence-electron chi connectivity index (χ2n) is 11.5. The van der Waals surface area contributed by atoms with Crippen LogP contribution >= 0.6 is 23.2 Å². The Balaban J connectivity index is 0.000000145. The van der Waals surface area contributed by atoms with Gasteiger partial charge in [0.2, 0.25) is 0 Å². The van der Waals surface area contributed by atoms with Crippen molar-refractivity contribution in [2.75, 3.05) is 7.05 Å². The molecule has 2 amide bonds. The lowest BCUT2D eigenvalue weighted by atomic mass is 10.1. The highest BCUT2D eigenvalue weighted by Gasteiger charge is 2.30. The van der Waals surface area contributed by atoms with Crippen LogP contribution < -0.4 is 5.32 Å². The third kappa shape index (κ3) is 6.30.